The third-order valence-corrected chi connectivity index (χ3v) is 4.40. The van der Waals surface area contributed by atoms with E-state index in [0.29, 0.717) is 24.6 Å². The molecule has 0 aliphatic carbocycles. The molecule has 1 heterocycles. The van der Waals surface area contributed by atoms with Gasteiger partial charge < -0.3 is 15.2 Å². The highest BCUT2D eigenvalue weighted by molar-refractivity contribution is 5.79. The Morgan fingerprint density at radius 1 is 1.14 bits per heavy atom. The lowest BCUT2D eigenvalue weighted by Crippen LogP contribution is -2.39. The van der Waals surface area contributed by atoms with Gasteiger partial charge in [0.15, 0.2) is 5.96 Å². The number of nitrogens with zero attached hydrogens (tertiary/aromatic N) is 4. The fourth-order valence-electron chi connectivity index (χ4n) is 2.81. The quantitative estimate of drug-likeness (QED) is 0.355. The van der Waals surface area contributed by atoms with Gasteiger partial charge in [0.05, 0.1) is 12.1 Å². The first kappa shape index (κ1) is 22.7. The molecule has 0 spiro atoms. The van der Waals surface area contributed by atoms with E-state index in [0.717, 1.165) is 50.2 Å². The molecule has 0 saturated heterocycles. The molecule has 6 nitrogen and oxygen atoms in total. The third kappa shape index (κ3) is 7.75. The van der Waals surface area contributed by atoms with Crippen molar-refractivity contribution in [1.29, 1.82) is 0 Å². The van der Waals surface area contributed by atoms with Crippen molar-refractivity contribution in [2.75, 3.05) is 13.1 Å². The number of hydrogen-bond donors (Lipinski definition) is 2. The van der Waals surface area contributed by atoms with Gasteiger partial charge in [0.2, 0.25) is 0 Å². The van der Waals surface area contributed by atoms with Crippen LogP contribution in [0.1, 0.15) is 50.1 Å². The smallest absolute Gasteiger partial charge is 0.356 e. The Morgan fingerprint density at radius 3 is 2.66 bits per heavy atom. The summed E-state index contributed by atoms with van der Waals surface area (Å²) in [5.74, 6) is 1.50. The second-order valence-electron chi connectivity index (χ2n) is 6.72. The van der Waals surface area contributed by atoms with Gasteiger partial charge in [-0.3, -0.25) is 0 Å². The Morgan fingerprint density at radius 2 is 1.93 bits per heavy atom. The molecule has 29 heavy (non-hydrogen) atoms. The van der Waals surface area contributed by atoms with E-state index >= 15 is 0 Å². The summed E-state index contributed by atoms with van der Waals surface area (Å²) in [5.41, 5.74) is -0.142. The molecule has 0 atom stereocenters. The van der Waals surface area contributed by atoms with Crippen molar-refractivity contribution in [3.05, 3.63) is 47.5 Å². The Kier molecular flexibility index (Phi) is 8.95. The number of halogens is 3. The maximum atomic E-state index is 12.9. The number of benzene rings is 1. The molecule has 1 aromatic carbocycles. The van der Waals surface area contributed by atoms with Crippen LogP contribution < -0.4 is 10.6 Å². The zero-order valence-corrected chi connectivity index (χ0v) is 17.0. The minimum atomic E-state index is -4.35. The van der Waals surface area contributed by atoms with Crippen molar-refractivity contribution in [2.24, 2.45) is 4.99 Å². The summed E-state index contributed by atoms with van der Waals surface area (Å²) >= 11 is 0. The summed E-state index contributed by atoms with van der Waals surface area (Å²) in [7, 11) is 0. The first-order valence-electron chi connectivity index (χ1n) is 9.99. The highest BCUT2D eigenvalue weighted by Gasteiger charge is 2.30. The minimum Gasteiger partial charge on any atom is -0.356 e. The van der Waals surface area contributed by atoms with Crippen molar-refractivity contribution in [3.63, 3.8) is 0 Å². The van der Waals surface area contributed by atoms with Crippen LogP contribution in [0.15, 0.2) is 35.6 Å². The summed E-state index contributed by atoms with van der Waals surface area (Å²) in [6, 6.07) is 5.27. The average Bonchev–Trinajstić information content (AvgIpc) is 3.16. The SMILES string of the molecule is CCCCCNC(=NCc1cccc(C(F)(F)F)c1)NCCn1cnnc1CC. The maximum Gasteiger partial charge on any atom is 0.416 e. The van der Waals surface area contributed by atoms with Crippen molar-refractivity contribution >= 4 is 5.96 Å². The summed E-state index contributed by atoms with van der Waals surface area (Å²) in [6.45, 7) is 6.36. The Hall–Kier alpha value is -2.58. The summed E-state index contributed by atoms with van der Waals surface area (Å²) in [5, 5.41) is 14.5. The lowest BCUT2D eigenvalue weighted by atomic mass is 10.1. The number of aliphatic imine (C=N–C) groups is 1. The third-order valence-electron chi connectivity index (χ3n) is 4.40. The number of aryl methyl sites for hydroxylation is 1. The Balaban J connectivity index is 1.98. The van der Waals surface area contributed by atoms with Gasteiger partial charge in [0.25, 0.3) is 0 Å². The lowest BCUT2D eigenvalue weighted by Gasteiger charge is -2.14. The van der Waals surface area contributed by atoms with Crippen LogP contribution in [0.3, 0.4) is 0 Å². The molecule has 2 rings (SSSR count). The number of hydrogen-bond acceptors (Lipinski definition) is 3. The van der Waals surface area contributed by atoms with Crippen LogP contribution >= 0.6 is 0 Å². The lowest BCUT2D eigenvalue weighted by molar-refractivity contribution is -0.137. The van der Waals surface area contributed by atoms with Gasteiger partial charge in [-0.15, -0.1) is 10.2 Å². The molecule has 9 heteroatoms. The minimum absolute atomic E-state index is 0.167. The summed E-state index contributed by atoms with van der Waals surface area (Å²) < 4.78 is 40.7. The van der Waals surface area contributed by atoms with Crippen molar-refractivity contribution in [2.45, 2.75) is 58.8 Å². The molecule has 0 bridgehead atoms. The largest absolute Gasteiger partial charge is 0.416 e. The molecule has 0 radical (unpaired) electrons. The first-order chi connectivity index (χ1) is 13.9. The number of guanidine groups is 1. The number of alkyl halides is 3. The number of rotatable bonds is 10. The Labute approximate surface area is 169 Å². The van der Waals surface area contributed by atoms with Gasteiger partial charge in [0, 0.05) is 26.1 Å². The molecule has 0 unspecified atom stereocenters. The number of aromatic nitrogens is 3. The van der Waals surface area contributed by atoms with Crippen LogP contribution in [0.5, 0.6) is 0 Å². The van der Waals surface area contributed by atoms with Gasteiger partial charge in [-0.1, -0.05) is 38.8 Å². The van der Waals surface area contributed by atoms with Crippen LogP contribution in [0, 0.1) is 0 Å². The molecule has 2 N–H and O–H groups in total. The van der Waals surface area contributed by atoms with Crippen molar-refractivity contribution in [3.8, 4) is 0 Å². The monoisotopic (exact) mass is 410 g/mol. The molecule has 2 aromatic rings. The molecule has 0 aliphatic heterocycles. The van der Waals surface area contributed by atoms with E-state index in [4.69, 9.17) is 0 Å². The zero-order valence-electron chi connectivity index (χ0n) is 17.0. The standard InChI is InChI=1S/C20H29F3N6/c1-3-5-6-10-24-19(25-11-12-29-15-27-28-18(29)4-2)26-14-16-8-7-9-17(13-16)20(21,22)23/h7-9,13,15H,3-6,10-12,14H2,1-2H3,(H2,24,25,26). The van der Waals surface area contributed by atoms with Gasteiger partial charge in [0.1, 0.15) is 12.2 Å². The zero-order chi connectivity index (χ0) is 21.1. The molecular formula is C20H29F3N6. The fraction of sp³-hybridized carbons (Fsp3) is 0.550. The molecule has 0 fully saturated rings. The normalized spacial score (nSPS) is 12.2. The Bertz CT molecular complexity index is 770. The van der Waals surface area contributed by atoms with Gasteiger partial charge in [-0.05, 0) is 24.1 Å². The van der Waals surface area contributed by atoms with E-state index in [1.807, 2.05) is 11.5 Å². The van der Waals surface area contributed by atoms with E-state index in [1.165, 1.54) is 6.07 Å². The number of unbranched alkanes of at least 4 members (excludes halogenated alkanes) is 2. The van der Waals surface area contributed by atoms with E-state index < -0.39 is 11.7 Å². The van der Waals surface area contributed by atoms with E-state index in [2.05, 4.69) is 32.7 Å². The predicted molar refractivity (Wildman–Crippen MR) is 108 cm³/mol. The molecule has 1 aromatic heterocycles. The van der Waals surface area contributed by atoms with E-state index in [1.54, 1.807) is 12.4 Å². The van der Waals surface area contributed by atoms with E-state index in [9.17, 15) is 13.2 Å². The van der Waals surface area contributed by atoms with Crippen LogP contribution in [0.4, 0.5) is 13.2 Å². The molecule has 0 amide bonds. The average molecular weight is 410 g/mol. The highest BCUT2D eigenvalue weighted by Crippen LogP contribution is 2.29. The van der Waals surface area contributed by atoms with Gasteiger partial charge in [-0.25, -0.2) is 4.99 Å². The van der Waals surface area contributed by atoms with Crippen LogP contribution in [0.25, 0.3) is 0 Å². The summed E-state index contributed by atoms with van der Waals surface area (Å²) in [4.78, 5) is 4.46. The second kappa shape index (κ2) is 11.4. The molecule has 160 valence electrons. The fourth-order valence-corrected chi connectivity index (χ4v) is 2.81. The van der Waals surface area contributed by atoms with Crippen LogP contribution in [-0.2, 0) is 25.7 Å². The molecule has 0 aliphatic rings. The van der Waals surface area contributed by atoms with E-state index in [-0.39, 0.29) is 6.54 Å². The maximum absolute atomic E-state index is 12.9. The van der Waals surface area contributed by atoms with Crippen LogP contribution in [-0.4, -0.2) is 33.8 Å². The van der Waals surface area contributed by atoms with Crippen molar-refractivity contribution < 1.29 is 13.2 Å². The van der Waals surface area contributed by atoms with Crippen LogP contribution in [0.2, 0.25) is 0 Å². The highest BCUT2D eigenvalue weighted by atomic mass is 19.4. The van der Waals surface area contributed by atoms with Gasteiger partial charge >= 0.3 is 6.18 Å². The molecular weight excluding hydrogens is 381 g/mol. The first-order valence-corrected chi connectivity index (χ1v) is 9.99. The topological polar surface area (TPSA) is 67.1 Å². The second-order valence-corrected chi connectivity index (χ2v) is 6.72. The molecule has 0 saturated carbocycles. The predicted octanol–water partition coefficient (Wildman–Crippen LogP) is 3.78. The number of nitrogens with one attached hydrogen (secondary N) is 2. The van der Waals surface area contributed by atoms with Crippen molar-refractivity contribution in [1.82, 2.24) is 25.4 Å². The summed E-state index contributed by atoms with van der Waals surface area (Å²) in [6.07, 6.45) is 1.36. The van der Waals surface area contributed by atoms with Gasteiger partial charge in [-0.2, -0.15) is 13.2 Å².